The normalized spacial score (nSPS) is 23.5. The highest BCUT2D eigenvalue weighted by Crippen LogP contribution is 2.47. The minimum Gasteiger partial charge on any atom is -0.367 e. The average Bonchev–Trinajstić information content (AvgIpc) is 3.36. The van der Waals surface area contributed by atoms with Crippen LogP contribution in [-0.4, -0.2) is 54.4 Å². The molecule has 172 valence electrons. The van der Waals surface area contributed by atoms with Crippen LogP contribution in [0, 0.1) is 17.7 Å². The van der Waals surface area contributed by atoms with Crippen molar-refractivity contribution in [2.45, 2.75) is 31.8 Å². The minimum atomic E-state index is -0.461. The molecule has 3 aliphatic rings. The SMILES string of the molecule is C[C@H]1C2CC(C2)N(C(=O)c2cc(F)ccc2-n2nccn2)[C@H]1CNc1cnc2ccccc2n1. The molecular formula is C25H24FN7O. The van der Waals surface area contributed by atoms with Crippen molar-refractivity contribution in [1.82, 2.24) is 29.9 Å². The molecule has 9 heteroatoms. The number of amides is 1. The molecule has 4 aromatic rings. The number of piperidine rings is 2. The number of para-hydroxylation sites is 2. The fraction of sp³-hybridized carbons (Fsp3) is 0.320. The van der Waals surface area contributed by atoms with Crippen molar-refractivity contribution in [2.75, 3.05) is 11.9 Å². The van der Waals surface area contributed by atoms with Gasteiger partial charge in [-0.3, -0.25) is 9.78 Å². The van der Waals surface area contributed by atoms with E-state index in [1.54, 1.807) is 12.3 Å². The molecule has 3 fully saturated rings. The number of carbonyl (C=O) groups is 1. The Morgan fingerprint density at radius 3 is 2.68 bits per heavy atom. The lowest BCUT2D eigenvalue weighted by molar-refractivity contribution is -0.0502. The Kier molecular flexibility index (Phi) is 4.97. The van der Waals surface area contributed by atoms with E-state index in [2.05, 4.69) is 32.4 Å². The summed E-state index contributed by atoms with van der Waals surface area (Å²) < 4.78 is 14.2. The molecule has 2 saturated heterocycles. The summed E-state index contributed by atoms with van der Waals surface area (Å²) in [6.45, 7) is 2.73. The minimum absolute atomic E-state index is 0.0556. The lowest BCUT2D eigenvalue weighted by atomic mass is 9.64. The van der Waals surface area contributed by atoms with E-state index in [-0.39, 0.29) is 23.6 Å². The second kappa shape index (κ2) is 8.16. The molecule has 1 N–H and O–H groups in total. The van der Waals surface area contributed by atoms with Gasteiger partial charge in [0.2, 0.25) is 0 Å². The van der Waals surface area contributed by atoms with E-state index < -0.39 is 5.82 Å². The van der Waals surface area contributed by atoms with Gasteiger partial charge in [-0.15, -0.1) is 0 Å². The predicted molar refractivity (Wildman–Crippen MR) is 125 cm³/mol. The van der Waals surface area contributed by atoms with Crippen LogP contribution in [0.5, 0.6) is 0 Å². The molecule has 2 atom stereocenters. The predicted octanol–water partition coefficient (Wildman–Crippen LogP) is 3.70. The van der Waals surface area contributed by atoms with Crippen LogP contribution < -0.4 is 5.32 Å². The number of hydrogen-bond acceptors (Lipinski definition) is 6. The molecule has 1 saturated carbocycles. The molecule has 7 rings (SSSR count). The standard InChI is InChI=1S/C25H24FN7O/c1-15-16-10-18(11-16)32(23(15)13-28-24-14-27-20-4-2-3-5-21(20)31-24)25(34)19-12-17(26)6-7-22(19)33-29-8-9-30-33/h2-9,12,14-16,18,23H,10-11,13H2,1H3,(H,28,31)/t15-,16?,18?,23-/m0/s1. The van der Waals surface area contributed by atoms with Crippen LogP contribution in [0.3, 0.4) is 0 Å². The molecule has 2 bridgehead atoms. The fourth-order valence-electron chi connectivity index (χ4n) is 5.31. The number of benzene rings is 2. The molecule has 0 radical (unpaired) electrons. The Hall–Kier alpha value is -3.88. The first-order valence-corrected chi connectivity index (χ1v) is 11.5. The maximum Gasteiger partial charge on any atom is 0.256 e. The summed E-state index contributed by atoms with van der Waals surface area (Å²) in [4.78, 5) is 26.3. The molecule has 0 spiro atoms. The summed E-state index contributed by atoms with van der Waals surface area (Å²) in [5.41, 5.74) is 2.39. The zero-order chi connectivity index (χ0) is 23.2. The molecule has 0 unspecified atom stereocenters. The molecule has 4 heterocycles. The van der Waals surface area contributed by atoms with Gasteiger partial charge in [0.15, 0.2) is 0 Å². The summed E-state index contributed by atoms with van der Waals surface area (Å²) >= 11 is 0. The Morgan fingerprint density at radius 2 is 1.88 bits per heavy atom. The fourth-order valence-corrected chi connectivity index (χ4v) is 5.31. The number of hydrogen-bond donors (Lipinski definition) is 1. The van der Waals surface area contributed by atoms with Gasteiger partial charge in [-0.2, -0.15) is 15.0 Å². The summed E-state index contributed by atoms with van der Waals surface area (Å²) in [5, 5.41) is 11.7. The van der Waals surface area contributed by atoms with E-state index in [4.69, 9.17) is 0 Å². The topological polar surface area (TPSA) is 88.8 Å². The van der Waals surface area contributed by atoms with Gasteiger partial charge < -0.3 is 10.2 Å². The Bertz CT molecular complexity index is 1350. The summed E-state index contributed by atoms with van der Waals surface area (Å²) in [6, 6.07) is 12.0. The van der Waals surface area contributed by atoms with Crippen molar-refractivity contribution in [2.24, 2.45) is 11.8 Å². The third-order valence-electron chi connectivity index (χ3n) is 7.25. The van der Waals surface area contributed by atoms with Crippen molar-refractivity contribution in [1.29, 1.82) is 0 Å². The molecule has 1 amide bonds. The molecule has 1 aliphatic carbocycles. The molecule has 2 aliphatic heterocycles. The van der Waals surface area contributed by atoms with Gasteiger partial charge in [0.05, 0.1) is 46.9 Å². The van der Waals surface area contributed by atoms with Crippen LogP contribution in [-0.2, 0) is 0 Å². The van der Waals surface area contributed by atoms with Crippen molar-refractivity contribution in [3.05, 3.63) is 72.4 Å². The van der Waals surface area contributed by atoms with Crippen LogP contribution in [0.2, 0.25) is 0 Å². The van der Waals surface area contributed by atoms with E-state index in [1.165, 1.54) is 29.3 Å². The smallest absolute Gasteiger partial charge is 0.256 e. The highest BCUT2D eigenvalue weighted by atomic mass is 19.1. The van der Waals surface area contributed by atoms with E-state index in [1.807, 2.05) is 29.2 Å². The highest BCUT2D eigenvalue weighted by molar-refractivity contribution is 5.98. The first-order valence-electron chi connectivity index (χ1n) is 11.5. The van der Waals surface area contributed by atoms with Crippen LogP contribution in [0.1, 0.15) is 30.1 Å². The average molecular weight is 458 g/mol. The van der Waals surface area contributed by atoms with Crippen LogP contribution >= 0.6 is 0 Å². The van der Waals surface area contributed by atoms with Crippen molar-refractivity contribution in [3.63, 3.8) is 0 Å². The van der Waals surface area contributed by atoms with Gasteiger partial charge in [0, 0.05) is 12.6 Å². The van der Waals surface area contributed by atoms with Gasteiger partial charge in [0.1, 0.15) is 11.6 Å². The number of halogens is 1. The van der Waals surface area contributed by atoms with Gasteiger partial charge in [-0.1, -0.05) is 19.1 Å². The van der Waals surface area contributed by atoms with Gasteiger partial charge in [-0.25, -0.2) is 9.37 Å². The zero-order valence-corrected chi connectivity index (χ0v) is 18.7. The van der Waals surface area contributed by atoms with Crippen LogP contribution in [0.25, 0.3) is 16.7 Å². The van der Waals surface area contributed by atoms with Crippen LogP contribution in [0.15, 0.2) is 61.1 Å². The van der Waals surface area contributed by atoms with Crippen LogP contribution in [0.4, 0.5) is 10.2 Å². The maximum absolute atomic E-state index is 14.2. The van der Waals surface area contributed by atoms with Crippen molar-refractivity contribution in [3.8, 4) is 5.69 Å². The third-order valence-corrected chi connectivity index (χ3v) is 7.25. The Morgan fingerprint density at radius 1 is 1.12 bits per heavy atom. The number of anilines is 1. The molecular weight excluding hydrogens is 433 g/mol. The lowest BCUT2D eigenvalue weighted by Gasteiger charge is -2.57. The first kappa shape index (κ1) is 20.7. The number of rotatable bonds is 5. The monoisotopic (exact) mass is 457 g/mol. The third kappa shape index (κ3) is 3.48. The van der Waals surface area contributed by atoms with Gasteiger partial charge >= 0.3 is 0 Å². The number of nitrogens with zero attached hydrogens (tertiary/aromatic N) is 6. The Labute approximate surface area is 195 Å². The second-order valence-electron chi connectivity index (χ2n) is 9.13. The summed E-state index contributed by atoms with van der Waals surface area (Å²) in [5.74, 6) is 0.901. The van der Waals surface area contributed by atoms with E-state index in [0.717, 1.165) is 23.9 Å². The number of aromatic nitrogens is 5. The van der Waals surface area contributed by atoms with Gasteiger partial charge in [0.25, 0.3) is 5.91 Å². The molecule has 2 aromatic carbocycles. The number of fused-ring (bicyclic) bond motifs is 3. The van der Waals surface area contributed by atoms with Gasteiger partial charge in [-0.05, 0) is 55.0 Å². The number of nitrogens with one attached hydrogen (secondary N) is 1. The number of carbonyl (C=O) groups excluding carboxylic acids is 1. The molecule has 34 heavy (non-hydrogen) atoms. The summed E-state index contributed by atoms with van der Waals surface area (Å²) in [6.07, 6.45) is 6.74. The summed E-state index contributed by atoms with van der Waals surface area (Å²) in [7, 11) is 0. The van der Waals surface area contributed by atoms with Crippen molar-refractivity contribution < 1.29 is 9.18 Å². The lowest BCUT2D eigenvalue weighted by Crippen LogP contribution is -2.64. The quantitative estimate of drug-likeness (QED) is 0.492. The first-order chi connectivity index (χ1) is 16.6. The van der Waals surface area contributed by atoms with E-state index in [0.29, 0.717) is 29.9 Å². The Balaban J connectivity index is 1.30. The second-order valence-corrected chi connectivity index (χ2v) is 9.13. The van der Waals surface area contributed by atoms with E-state index in [9.17, 15) is 9.18 Å². The van der Waals surface area contributed by atoms with Crippen molar-refractivity contribution >= 4 is 22.8 Å². The van der Waals surface area contributed by atoms with E-state index >= 15 is 0 Å². The largest absolute Gasteiger partial charge is 0.367 e. The molecule has 2 aromatic heterocycles. The maximum atomic E-state index is 14.2. The zero-order valence-electron chi connectivity index (χ0n) is 18.7. The molecule has 8 nitrogen and oxygen atoms in total. The highest BCUT2D eigenvalue weighted by Gasteiger charge is 2.50.